The highest BCUT2D eigenvalue weighted by atomic mass is 32.2. The Bertz CT molecular complexity index is 961. The van der Waals surface area contributed by atoms with E-state index in [0.29, 0.717) is 36.7 Å². The fourth-order valence-corrected chi connectivity index (χ4v) is 5.92. The molecular weight excluding hydrogens is 398 g/mol. The zero-order chi connectivity index (χ0) is 21.0. The lowest BCUT2D eigenvalue weighted by molar-refractivity contribution is 0.0930. The van der Waals surface area contributed by atoms with Crippen LogP contribution >= 0.6 is 0 Å². The minimum absolute atomic E-state index is 0.106. The van der Waals surface area contributed by atoms with E-state index in [1.54, 1.807) is 24.3 Å². The molecule has 2 aromatic rings. The quantitative estimate of drug-likeness (QED) is 0.770. The first-order chi connectivity index (χ1) is 14.5. The molecule has 1 N–H and O–H groups in total. The number of nitrogens with one attached hydrogen (secondary N) is 1. The SMILES string of the molecule is O=C(NCC1CCCN(Cc2ccccc2)C1)c1ccc(N2CCCS2(=O)=O)cc1. The van der Waals surface area contributed by atoms with E-state index < -0.39 is 10.0 Å². The van der Waals surface area contributed by atoms with Crippen LogP contribution < -0.4 is 9.62 Å². The van der Waals surface area contributed by atoms with Crippen LogP contribution in [0.2, 0.25) is 0 Å². The van der Waals surface area contributed by atoms with Crippen molar-refractivity contribution in [2.24, 2.45) is 5.92 Å². The maximum absolute atomic E-state index is 12.6. The fourth-order valence-electron chi connectivity index (χ4n) is 4.35. The van der Waals surface area contributed by atoms with Crippen LogP contribution in [0, 0.1) is 5.92 Å². The molecule has 2 aliphatic rings. The van der Waals surface area contributed by atoms with Gasteiger partial charge in [-0.2, -0.15) is 0 Å². The van der Waals surface area contributed by atoms with Gasteiger partial charge in [0.2, 0.25) is 10.0 Å². The highest BCUT2D eigenvalue weighted by molar-refractivity contribution is 7.93. The van der Waals surface area contributed by atoms with E-state index >= 15 is 0 Å². The summed E-state index contributed by atoms with van der Waals surface area (Å²) in [6.07, 6.45) is 2.91. The molecule has 4 rings (SSSR count). The van der Waals surface area contributed by atoms with Crippen molar-refractivity contribution in [1.29, 1.82) is 0 Å². The predicted octanol–water partition coefficient (Wildman–Crippen LogP) is 2.87. The van der Waals surface area contributed by atoms with Gasteiger partial charge in [0.1, 0.15) is 0 Å². The molecule has 0 aliphatic carbocycles. The molecular formula is C23H29N3O3S. The second-order valence-electron chi connectivity index (χ2n) is 8.23. The van der Waals surface area contributed by atoms with Crippen LogP contribution in [0.1, 0.15) is 35.2 Å². The van der Waals surface area contributed by atoms with Crippen LogP contribution in [-0.2, 0) is 16.6 Å². The van der Waals surface area contributed by atoms with Gasteiger partial charge < -0.3 is 5.32 Å². The van der Waals surface area contributed by atoms with Gasteiger partial charge in [-0.05, 0) is 61.6 Å². The van der Waals surface area contributed by atoms with E-state index in [9.17, 15) is 13.2 Å². The van der Waals surface area contributed by atoms with Crippen LogP contribution in [0.25, 0.3) is 0 Å². The Morgan fingerprint density at radius 2 is 1.77 bits per heavy atom. The summed E-state index contributed by atoms with van der Waals surface area (Å²) in [5.74, 6) is 0.532. The Hall–Kier alpha value is -2.38. The molecule has 1 amide bonds. The molecule has 0 bridgehead atoms. The molecule has 2 saturated heterocycles. The number of likely N-dealkylation sites (tertiary alicyclic amines) is 1. The zero-order valence-electron chi connectivity index (χ0n) is 17.2. The molecule has 1 atom stereocenters. The van der Waals surface area contributed by atoms with E-state index in [2.05, 4.69) is 34.5 Å². The number of carbonyl (C=O) groups is 1. The summed E-state index contributed by atoms with van der Waals surface area (Å²) in [5, 5.41) is 3.06. The van der Waals surface area contributed by atoms with Gasteiger partial charge in [0.15, 0.2) is 0 Å². The van der Waals surface area contributed by atoms with Crippen molar-refractivity contribution in [3.63, 3.8) is 0 Å². The zero-order valence-corrected chi connectivity index (χ0v) is 18.0. The molecule has 30 heavy (non-hydrogen) atoms. The maximum atomic E-state index is 12.6. The Labute approximate surface area is 178 Å². The number of nitrogens with zero attached hydrogens (tertiary/aromatic N) is 2. The van der Waals surface area contributed by atoms with Gasteiger partial charge in [0.05, 0.1) is 11.4 Å². The first-order valence-corrected chi connectivity index (χ1v) is 12.3. The Kier molecular flexibility index (Phi) is 6.39. The Morgan fingerprint density at radius 3 is 2.47 bits per heavy atom. The number of carbonyl (C=O) groups excluding carboxylic acids is 1. The molecule has 160 valence electrons. The first-order valence-electron chi connectivity index (χ1n) is 10.7. The second kappa shape index (κ2) is 9.18. The summed E-state index contributed by atoms with van der Waals surface area (Å²) in [5.41, 5.74) is 2.52. The van der Waals surface area contributed by atoms with Crippen LogP contribution in [0.15, 0.2) is 54.6 Å². The summed E-state index contributed by atoms with van der Waals surface area (Å²) in [6, 6.07) is 17.4. The molecule has 0 radical (unpaired) electrons. The third-order valence-electron chi connectivity index (χ3n) is 5.92. The van der Waals surface area contributed by atoms with E-state index in [0.717, 1.165) is 32.5 Å². The maximum Gasteiger partial charge on any atom is 0.251 e. The van der Waals surface area contributed by atoms with Crippen LogP contribution in [0.3, 0.4) is 0 Å². The molecule has 0 spiro atoms. The van der Waals surface area contributed by atoms with Gasteiger partial charge in [-0.1, -0.05) is 30.3 Å². The average molecular weight is 428 g/mol. The Balaban J connectivity index is 1.29. The van der Waals surface area contributed by atoms with Crippen molar-refractivity contribution in [3.8, 4) is 0 Å². The summed E-state index contributed by atoms with van der Waals surface area (Å²) < 4.78 is 25.5. The van der Waals surface area contributed by atoms with Gasteiger partial charge in [0, 0.05) is 31.7 Å². The number of hydrogen-bond donors (Lipinski definition) is 1. The van der Waals surface area contributed by atoms with Crippen molar-refractivity contribution in [3.05, 3.63) is 65.7 Å². The van der Waals surface area contributed by atoms with Crippen LogP contribution in [0.5, 0.6) is 0 Å². The fraction of sp³-hybridized carbons (Fsp3) is 0.435. The number of hydrogen-bond acceptors (Lipinski definition) is 4. The van der Waals surface area contributed by atoms with Gasteiger partial charge in [0.25, 0.3) is 5.91 Å². The topological polar surface area (TPSA) is 69.7 Å². The highest BCUT2D eigenvalue weighted by Gasteiger charge is 2.28. The largest absolute Gasteiger partial charge is 0.352 e. The van der Waals surface area contributed by atoms with Gasteiger partial charge in [-0.15, -0.1) is 0 Å². The number of piperidine rings is 1. The lowest BCUT2D eigenvalue weighted by Crippen LogP contribution is -2.40. The molecule has 2 heterocycles. The smallest absolute Gasteiger partial charge is 0.251 e. The molecule has 0 aromatic heterocycles. The van der Waals surface area contributed by atoms with Gasteiger partial charge >= 0.3 is 0 Å². The molecule has 0 saturated carbocycles. The summed E-state index contributed by atoms with van der Waals surface area (Å²) in [4.78, 5) is 15.0. The summed E-state index contributed by atoms with van der Waals surface area (Å²) in [6.45, 7) is 4.20. The molecule has 2 fully saturated rings. The number of sulfonamides is 1. The van der Waals surface area contributed by atoms with Crippen LogP contribution in [0.4, 0.5) is 5.69 Å². The van der Waals surface area contributed by atoms with E-state index in [-0.39, 0.29) is 11.7 Å². The number of benzene rings is 2. The second-order valence-corrected chi connectivity index (χ2v) is 10.2. The normalized spacial score (nSPS) is 21.5. The van der Waals surface area contributed by atoms with E-state index in [4.69, 9.17) is 0 Å². The Morgan fingerprint density at radius 1 is 1.00 bits per heavy atom. The van der Waals surface area contributed by atoms with Crippen molar-refractivity contribution in [1.82, 2.24) is 10.2 Å². The monoisotopic (exact) mass is 427 g/mol. The molecule has 7 heteroatoms. The number of anilines is 1. The van der Waals surface area contributed by atoms with E-state index in [1.165, 1.54) is 9.87 Å². The lowest BCUT2D eigenvalue weighted by atomic mass is 9.97. The van der Waals surface area contributed by atoms with Crippen molar-refractivity contribution < 1.29 is 13.2 Å². The van der Waals surface area contributed by atoms with E-state index in [1.807, 2.05) is 6.07 Å². The average Bonchev–Trinajstić information content (AvgIpc) is 3.12. The third-order valence-corrected chi connectivity index (χ3v) is 7.79. The standard InChI is InChI=1S/C23H29N3O3S/c27-23(21-9-11-22(12-10-21)26-14-5-15-30(26,28)29)24-16-20-8-4-13-25(18-20)17-19-6-2-1-3-7-19/h1-3,6-7,9-12,20H,4-5,8,13-18H2,(H,24,27). The molecule has 1 unspecified atom stereocenters. The molecule has 2 aliphatic heterocycles. The van der Waals surface area contributed by atoms with Crippen LogP contribution in [-0.4, -0.2) is 51.2 Å². The first kappa shape index (κ1) is 20.9. The molecule has 6 nitrogen and oxygen atoms in total. The van der Waals surface area contributed by atoms with Crippen molar-refractivity contribution in [2.75, 3.05) is 36.2 Å². The minimum Gasteiger partial charge on any atom is -0.352 e. The minimum atomic E-state index is -3.20. The number of rotatable bonds is 6. The summed E-state index contributed by atoms with van der Waals surface area (Å²) in [7, 11) is -3.20. The highest BCUT2D eigenvalue weighted by Crippen LogP contribution is 2.24. The molecule has 2 aromatic carbocycles. The lowest BCUT2D eigenvalue weighted by Gasteiger charge is -2.32. The van der Waals surface area contributed by atoms with Crippen molar-refractivity contribution >= 4 is 21.6 Å². The van der Waals surface area contributed by atoms with Gasteiger partial charge in [-0.25, -0.2) is 8.42 Å². The van der Waals surface area contributed by atoms with Crippen molar-refractivity contribution in [2.45, 2.75) is 25.8 Å². The summed E-state index contributed by atoms with van der Waals surface area (Å²) >= 11 is 0. The number of amides is 1. The third kappa shape index (κ3) is 5.02. The van der Waals surface area contributed by atoms with Gasteiger partial charge in [-0.3, -0.25) is 14.0 Å². The predicted molar refractivity (Wildman–Crippen MR) is 119 cm³/mol.